The monoisotopic (exact) mass is 863 g/mol. The Bertz CT molecular complexity index is 1180. The van der Waals surface area contributed by atoms with Crippen LogP contribution in [-0.4, -0.2) is 43.8 Å². The van der Waals surface area contributed by atoms with Crippen LogP contribution in [-0.2, 0) is 21.1 Å². The first-order valence-electron chi connectivity index (χ1n) is 19.9. The minimum atomic E-state index is 0. The first kappa shape index (κ1) is 40.7. The number of hydrogen-bond donors (Lipinski definition) is 0. The molecule has 51 heavy (non-hydrogen) atoms. The van der Waals surface area contributed by atoms with Crippen LogP contribution >= 0.6 is 0 Å². The van der Waals surface area contributed by atoms with Crippen molar-refractivity contribution in [2.24, 2.45) is 0 Å². The van der Waals surface area contributed by atoms with E-state index in [1.165, 1.54) is 128 Å². The minimum absolute atomic E-state index is 0. The maximum absolute atomic E-state index is 6.69. The van der Waals surface area contributed by atoms with Gasteiger partial charge in [-0.15, -0.1) is 35.4 Å². The molecule has 4 saturated carbocycles. The number of rotatable bonds is 4. The van der Waals surface area contributed by atoms with Crippen molar-refractivity contribution in [1.82, 2.24) is 19.6 Å². The van der Waals surface area contributed by atoms with E-state index in [1.54, 1.807) is 0 Å². The topological polar surface area (TPSA) is 13.0 Å². The largest absolute Gasteiger partial charge is 4.00 e. The van der Waals surface area contributed by atoms with Crippen molar-refractivity contribution in [3.05, 3.63) is 123 Å². The maximum Gasteiger partial charge on any atom is 4.00 e. The maximum atomic E-state index is 6.69. The van der Waals surface area contributed by atoms with Gasteiger partial charge in [0.2, 0.25) is 0 Å². The Hall–Kier alpha value is -3.07. The molecule has 0 aromatic heterocycles. The molecule has 0 radical (unpaired) electrons. The van der Waals surface area contributed by atoms with Gasteiger partial charge in [-0.3, -0.25) is 11.8 Å². The van der Waals surface area contributed by atoms with Gasteiger partial charge in [0.15, 0.2) is 0 Å². The molecule has 0 saturated heterocycles. The van der Waals surface area contributed by atoms with Gasteiger partial charge in [-0.1, -0.05) is 113 Å². The fourth-order valence-electron chi connectivity index (χ4n) is 8.19. The summed E-state index contributed by atoms with van der Waals surface area (Å²) >= 11 is 0. The third-order valence-corrected chi connectivity index (χ3v) is 11.2. The van der Waals surface area contributed by atoms with E-state index in [4.69, 9.17) is 12.8 Å². The van der Waals surface area contributed by atoms with E-state index in [2.05, 4.69) is 69.6 Å². The van der Waals surface area contributed by atoms with Gasteiger partial charge in [-0.05, 0) is 76.2 Å². The second kappa shape index (κ2) is 23.5. The summed E-state index contributed by atoms with van der Waals surface area (Å²) in [5.41, 5.74) is 1.65. The normalized spacial score (nSPS) is 21.1. The van der Waals surface area contributed by atoms with E-state index in [1.807, 2.05) is 60.7 Å². The molecule has 274 valence electrons. The molecule has 4 aliphatic carbocycles. The van der Waals surface area contributed by atoms with Gasteiger partial charge >= 0.3 is 21.1 Å². The Kier molecular flexibility index (Phi) is 18.7. The molecule has 4 fully saturated rings. The molecule has 0 atom stereocenters. The van der Waals surface area contributed by atoms with E-state index < -0.39 is 0 Å². The molecule has 2 heterocycles. The van der Waals surface area contributed by atoms with E-state index in [9.17, 15) is 0 Å². The van der Waals surface area contributed by atoms with Crippen LogP contribution in [0.5, 0.6) is 0 Å². The zero-order chi connectivity index (χ0) is 34.6. The molecule has 5 heteroatoms. The predicted molar refractivity (Wildman–Crippen MR) is 207 cm³/mol. The standard InChI is InChI=1S/2C15H25N2.2C8H5.Pt/c2*1-3-7-14(8-4-1)16-11-12-17(13-16)15-9-5-2-6-10-15;2*1-2-8-6-4-3-5-7-8;/h2*11-15H,1-10H2;2*3-7H;/q4*-1;+4. The molecule has 4 nitrogen and oxygen atoms in total. The first-order valence-corrected chi connectivity index (χ1v) is 19.9. The molecule has 8 rings (SSSR count). The summed E-state index contributed by atoms with van der Waals surface area (Å²) in [5.74, 6) is 4.55. The second-order valence-electron chi connectivity index (χ2n) is 14.8. The molecule has 0 unspecified atom stereocenters. The van der Waals surface area contributed by atoms with E-state index in [0.717, 1.165) is 35.3 Å². The van der Waals surface area contributed by atoms with E-state index in [-0.39, 0.29) is 21.1 Å². The predicted octanol–water partition coefficient (Wildman–Crippen LogP) is 11.0. The van der Waals surface area contributed by atoms with Crippen molar-refractivity contribution in [3.63, 3.8) is 0 Å². The van der Waals surface area contributed by atoms with Gasteiger partial charge in [0, 0.05) is 24.2 Å². The molecule has 0 spiro atoms. The summed E-state index contributed by atoms with van der Waals surface area (Å²) in [7, 11) is 0. The summed E-state index contributed by atoms with van der Waals surface area (Å²) < 4.78 is 0. The van der Waals surface area contributed by atoms with Crippen LogP contribution in [0, 0.1) is 38.0 Å². The fraction of sp³-hybridized carbons (Fsp3) is 0.522. The van der Waals surface area contributed by atoms with Gasteiger partial charge in [-0.2, -0.15) is 13.3 Å². The molecule has 0 bridgehead atoms. The van der Waals surface area contributed by atoms with Crippen molar-refractivity contribution in [1.29, 1.82) is 0 Å². The number of hydrogen-bond acceptors (Lipinski definition) is 4. The molecular weight excluding hydrogens is 804 g/mol. The average molecular weight is 864 g/mol. The van der Waals surface area contributed by atoms with E-state index in [0.29, 0.717) is 0 Å². The Balaban J connectivity index is 0.000000161. The Labute approximate surface area is 326 Å². The van der Waals surface area contributed by atoms with E-state index >= 15 is 0 Å². The van der Waals surface area contributed by atoms with Crippen LogP contribution in [0.3, 0.4) is 0 Å². The van der Waals surface area contributed by atoms with Gasteiger partial charge in [0.25, 0.3) is 0 Å². The zero-order valence-corrected chi connectivity index (χ0v) is 33.1. The fourth-order valence-corrected chi connectivity index (χ4v) is 8.19. The Morgan fingerprint density at radius 2 is 0.627 bits per heavy atom. The number of benzene rings is 2. The van der Waals surface area contributed by atoms with Gasteiger partial charge in [0.05, 0.1) is 0 Å². The van der Waals surface area contributed by atoms with Crippen molar-refractivity contribution < 1.29 is 21.1 Å². The quantitative estimate of drug-likeness (QED) is 0.224. The van der Waals surface area contributed by atoms with Crippen LogP contribution in [0.2, 0.25) is 0 Å². The third kappa shape index (κ3) is 13.8. The van der Waals surface area contributed by atoms with Crippen LogP contribution in [0.25, 0.3) is 0 Å². The Morgan fingerprint density at radius 3 is 0.824 bits per heavy atom. The molecule has 6 aliphatic rings. The van der Waals surface area contributed by atoms with Gasteiger partial charge in [0.1, 0.15) is 0 Å². The second-order valence-corrected chi connectivity index (χ2v) is 14.8. The summed E-state index contributed by atoms with van der Waals surface area (Å²) in [4.78, 5) is 9.92. The summed E-state index contributed by atoms with van der Waals surface area (Å²) in [6.07, 6.45) is 50.9. The van der Waals surface area contributed by atoms with Crippen molar-refractivity contribution in [2.75, 3.05) is 0 Å². The van der Waals surface area contributed by atoms with Crippen LogP contribution < -0.4 is 0 Å². The SMILES string of the molecule is C1=CN(C2CCCCC2)[CH-]N1C1CCCCC1.C1=CN(C2CCCCC2)[CH-]N1C1CCCCC1.[C-]#Cc1ccccc1.[C-]#Cc1ccccc1.[Pt+4]. The summed E-state index contributed by atoms with van der Waals surface area (Å²) in [5, 5.41) is 0. The number of nitrogens with zero attached hydrogens (tertiary/aromatic N) is 4. The van der Waals surface area contributed by atoms with Gasteiger partial charge < -0.3 is 32.4 Å². The molecule has 0 N–H and O–H groups in total. The van der Waals surface area contributed by atoms with Gasteiger partial charge in [-0.25, -0.2) is 0 Å². The minimum Gasteiger partial charge on any atom is -0.506 e. The molecule has 0 amide bonds. The average Bonchev–Trinajstić information content (AvgIpc) is 3.93. The van der Waals surface area contributed by atoms with Crippen LogP contribution in [0.15, 0.2) is 85.5 Å². The molecule has 2 aromatic carbocycles. The molecule has 2 aromatic rings. The smallest absolute Gasteiger partial charge is 0.506 e. The van der Waals surface area contributed by atoms with Crippen LogP contribution in [0.1, 0.15) is 140 Å². The van der Waals surface area contributed by atoms with Crippen molar-refractivity contribution >= 4 is 0 Å². The van der Waals surface area contributed by atoms with Crippen molar-refractivity contribution in [2.45, 2.75) is 153 Å². The molecular formula is C46H60N4Pt. The first-order chi connectivity index (χ1) is 24.7. The Morgan fingerprint density at radius 1 is 0.392 bits per heavy atom. The third-order valence-electron chi connectivity index (χ3n) is 11.2. The summed E-state index contributed by atoms with van der Waals surface area (Å²) in [6, 6.07) is 21.9. The van der Waals surface area contributed by atoms with Crippen molar-refractivity contribution in [3.8, 4) is 11.8 Å². The summed E-state index contributed by atoms with van der Waals surface area (Å²) in [6.45, 7) is 4.76. The zero-order valence-electron chi connectivity index (χ0n) is 30.8. The van der Waals surface area contributed by atoms with Crippen LogP contribution in [0.4, 0.5) is 0 Å². The molecule has 2 aliphatic heterocycles.